The lowest BCUT2D eigenvalue weighted by atomic mass is 10.0. The van der Waals surface area contributed by atoms with Crippen molar-refractivity contribution in [3.63, 3.8) is 0 Å². The highest BCUT2D eigenvalue weighted by Gasteiger charge is 2.20. The lowest BCUT2D eigenvalue weighted by molar-refractivity contribution is -0.141. The van der Waals surface area contributed by atoms with E-state index in [1.807, 2.05) is 0 Å². The molecule has 4 nitrogen and oxygen atoms in total. The smallest absolute Gasteiger partial charge is 0.306 e. The summed E-state index contributed by atoms with van der Waals surface area (Å²) in [6, 6.07) is 2.28. The van der Waals surface area contributed by atoms with Gasteiger partial charge in [0, 0.05) is 6.26 Å². The zero-order chi connectivity index (χ0) is 14.1. The number of sulfone groups is 1. The second-order valence-electron chi connectivity index (χ2n) is 4.10. The topological polar surface area (TPSA) is 71.4 Å². The van der Waals surface area contributed by atoms with Gasteiger partial charge in [-0.1, -0.05) is 18.5 Å². The highest BCUT2D eigenvalue weighted by atomic mass is 35.5. The minimum absolute atomic E-state index is 0.0794. The summed E-state index contributed by atoms with van der Waals surface area (Å²) in [4.78, 5) is 10.1. The monoisotopic (exact) mass is 294 g/mol. The van der Waals surface area contributed by atoms with Crippen LogP contribution in [0.15, 0.2) is 17.0 Å². The molecule has 0 amide bonds. The molecule has 0 aliphatic rings. The van der Waals surface area contributed by atoms with Crippen LogP contribution in [0.3, 0.4) is 0 Å². The van der Waals surface area contributed by atoms with Crippen LogP contribution in [0, 0.1) is 11.7 Å². The van der Waals surface area contributed by atoms with Gasteiger partial charge in [-0.3, -0.25) is 4.79 Å². The number of halogens is 2. The molecule has 7 heteroatoms. The highest BCUT2D eigenvalue weighted by Crippen LogP contribution is 2.27. The van der Waals surface area contributed by atoms with Crippen molar-refractivity contribution < 1.29 is 22.7 Å². The Kier molecular flexibility index (Phi) is 4.34. The van der Waals surface area contributed by atoms with Gasteiger partial charge in [0.2, 0.25) is 0 Å². The second kappa shape index (κ2) is 5.24. The highest BCUT2D eigenvalue weighted by molar-refractivity contribution is 7.90. The first-order valence-corrected chi connectivity index (χ1v) is 7.30. The molecule has 0 spiro atoms. The molecule has 18 heavy (non-hydrogen) atoms. The molecule has 1 atom stereocenters. The molecule has 0 saturated carbocycles. The number of carboxylic acids is 1. The summed E-state index contributed by atoms with van der Waals surface area (Å²) in [6.45, 7) is 1.47. The molecule has 100 valence electrons. The third-order valence-electron chi connectivity index (χ3n) is 2.39. The van der Waals surface area contributed by atoms with Crippen molar-refractivity contribution in [2.24, 2.45) is 5.92 Å². The van der Waals surface area contributed by atoms with Crippen LogP contribution in [0.5, 0.6) is 0 Å². The molecule has 0 radical (unpaired) electrons. The molecule has 1 aromatic rings. The van der Waals surface area contributed by atoms with Crippen molar-refractivity contribution in [1.82, 2.24) is 0 Å². The summed E-state index contributed by atoms with van der Waals surface area (Å²) in [6.07, 6.45) is 0.937. The van der Waals surface area contributed by atoms with Gasteiger partial charge in [-0.25, -0.2) is 12.8 Å². The predicted molar refractivity (Wildman–Crippen MR) is 65.0 cm³/mol. The largest absolute Gasteiger partial charge is 0.481 e. The van der Waals surface area contributed by atoms with Gasteiger partial charge in [0.25, 0.3) is 0 Å². The van der Waals surface area contributed by atoms with E-state index in [9.17, 15) is 17.6 Å². The number of aliphatic carboxylic acids is 1. The van der Waals surface area contributed by atoms with Crippen molar-refractivity contribution in [1.29, 1.82) is 0 Å². The summed E-state index contributed by atoms with van der Waals surface area (Å²) in [5.41, 5.74) is 0.347. The molecule has 1 aromatic carbocycles. The second-order valence-corrected chi connectivity index (χ2v) is 6.46. The first kappa shape index (κ1) is 14.9. The Labute approximate surface area is 109 Å². The molecular formula is C11H12ClFO4S. The zero-order valence-electron chi connectivity index (χ0n) is 9.78. The van der Waals surface area contributed by atoms with Gasteiger partial charge in [-0.2, -0.15) is 0 Å². The lowest BCUT2D eigenvalue weighted by Crippen LogP contribution is -2.13. The lowest BCUT2D eigenvalue weighted by Gasteiger charge is -2.09. The molecule has 0 aliphatic carbocycles. The minimum atomic E-state index is -3.75. The maximum atomic E-state index is 13.6. The van der Waals surface area contributed by atoms with Gasteiger partial charge >= 0.3 is 5.97 Å². The molecule has 0 bridgehead atoms. The first-order valence-electron chi connectivity index (χ1n) is 5.03. The van der Waals surface area contributed by atoms with E-state index >= 15 is 0 Å². The predicted octanol–water partition coefficient (Wildman–Crippen LogP) is 2.15. The average molecular weight is 295 g/mol. The van der Waals surface area contributed by atoms with E-state index in [0.717, 1.165) is 12.3 Å². The maximum absolute atomic E-state index is 13.6. The van der Waals surface area contributed by atoms with Crippen molar-refractivity contribution in [3.8, 4) is 0 Å². The van der Waals surface area contributed by atoms with E-state index in [-0.39, 0.29) is 11.4 Å². The summed E-state index contributed by atoms with van der Waals surface area (Å²) in [5, 5.41) is 8.51. The van der Waals surface area contributed by atoms with E-state index in [0.29, 0.717) is 5.56 Å². The van der Waals surface area contributed by atoms with Crippen molar-refractivity contribution in [3.05, 3.63) is 28.5 Å². The molecule has 0 saturated heterocycles. The van der Waals surface area contributed by atoms with E-state index in [4.69, 9.17) is 16.7 Å². The maximum Gasteiger partial charge on any atom is 0.306 e. The number of benzene rings is 1. The van der Waals surface area contributed by atoms with Crippen LogP contribution in [0.2, 0.25) is 5.02 Å². The molecule has 1 unspecified atom stereocenters. The number of hydrogen-bond acceptors (Lipinski definition) is 3. The Morgan fingerprint density at radius 1 is 1.50 bits per heavy atom. The summed E-state index contributed by atoms with van der Waals surface area (Å²) in [5.74, 6) is -2.68. The molecule has 0 aliphatic heterocycles. The van der Waals surface area contributed by atoms with Crippen molar-refractivity contribution in [2.75, 3.05) is 6.26 Å². The van der Waals surface area contributed by atoms with Crippen molar-refractivity contribution in [2.45, 2.75) is 18.2 Å². The Balaban J connectivity index is 3.20. The van der Waals surface area contributed by atoms with E-state index in [2.05, 4.69) is 0 Å². The minimum Gasteiger partial charge on any atom is -0.481 e. The van der Waals surface area contributed by atoms with E-state index < -0.39 is 32.4 Å². The molecule has 0 heterocycles. The standard InChI is InChI=1S/C11H12ClFO4S/c1-6(11(14)15)3-7-4-8(12)10(9(13)5-7)18(2,16)17/h4-6H,3H2,1-2H3,(H,14,15). The van der Waals surface area contributed by atoms with Gasteiger partial charge in [0.05, 0.1) is 10.9 Å². The van der Waals surface area contributed by atoms with Gasteiger partial charge in [-0.15, -0.1) is 0 Å². The molecule has 0 fully saturated rings. The normalized spacial score (nSPS) is 13.3. The van der Waals surface area contributed by atoms with Gasteiger partial charge in [0.1, 0.15) is 10.7 Å². The summed E-state index contributed by atoms with van der Waals surface area (Å²) >= 11 is 5.72. The number of rotatable bonds is 4. The van der Waals surface area contributed by atoms with E-state index in [1.165, 1.54) is 13.0 Å². The molecule has 0 aromatic heterocycles. The van der Waals surface area contributed by atoms with E-state index in [1.54, 1.807) is 0 Å². The third kappa shape index (κ3) is 3.43. The van der Waals surface area contributed by atoms with Gasteiger partial charge in [-0.05, 0) is 24.1 Å². The summed E-state index contributed by atoms with van der Waals surface area (Å²) < 4.78 is 36.2. The van der Waals surface area contributed by atoms with Crippen LogP contribution >= 0.6 is 11.6 Å². The quantitative estimate of drug-likeness (QED) is 0.923. The number of carbonyl (C=O) groups is 1. The molecule has 1 N–H and O–H groups in total. The number of carboxylic acid groups (broad SMARTS) is 1. The Bertz CT molecular complexity index is 560. The Hall–Kier alpha value is -1.14. The molecular weight excluding hydrogens is 283 g/mol. The fraction of sp³-hybridized carbons (Fsp3) is 0.364. The zero-order valence-corrected chi connectivity index (χ0v) is 11.3. The van der Waals surface area contributed by atoms with Crippen LogP contribution in [0.4, 0.5) is 4.39 Å². The van der Waals surface area contributed by atoms with Gasteiger partial charge < -0.3 is 5.11 Å². The van der Waals surface area contributed by atoms with Crippen LogP contribution in [0.1, 0.15) is 12.5 Å². The third-order valence-corrected chi connectivity index (χ3v) is 3.96. The van der Waals surface area contributed by atoms with Crippen LogP contribution in [0.25, 0.3) is 0 Å². The SMILES string of the molecule is CC(Cc1cc(F)c(S(C)(=O)=O)c(Cl)c1)C(=O)O. The van der Waals surface area contributed by atoms with Crippen LogP contribution < -0.4 is 0 Å². The summed E-state index contributed by atoms with van der Waals surface area (Å²) in [7, 11) is -3.75. The Morgan fingerprint density at radius 2 is 2.06 bits per heavy atom. The fourth-order valence-corrected chi connectivity index (χ4v) is 3.00. The van der Waals surface area contributed by atoms with Crippen LogP contribution in [-0.4, -0.2) is 25.7 Å². The first-order chi connectivity index (χ1) is 8.12. The fourth-order valence-electron chi connectivity index (χ4n) is 1.53. The van der Waals surface area contributed by atoms with Crippen LogP contribution in [-0.2, 0) is 21.1 Å². The average Bonchev–Trinajstić information content (AvgIpc) is 2.13. The molecule has 1 rings (SSSR count). The Morgan fingerprint density at radius 3 is 2.44 bits per heavy atom. The van der Waals surface area contributed by atoms with Gasteiger partial charge in [0.15, 0.2) is 9.84 Å². The van der Waals surface area contributed by atoms with Crippen molar-refractivity contribution >= 4 is 27.4 Å². The number of hydrogen-bond donors (Lipinski definition) is 1.